The zero-order valence-electron chi connectivity index (χ0n) is 21.6. The summed E-state index contributed by atoms with van der Waals surface area (Å²) in [5.41, 5.74) is 2.67. The number of carbonyl (C=O) groups is 2. The number of oxazole rings is 1. The standard InChI is InChI=1S/C29H31F3N4O3/c1-16(18-5-3-2-4-6-18)26(37)35-25(24(19-8-9-19)20-10-11-20)27-33-21-13-17(7-12-22(21)39-27)14-36-15-23(29(30,31)32)34-28(36)38/h2-7,12-13,16,19-20,23-25H,8-11,14-15H2,1H3,(H,34,38)(H,35,37)/t16-,23-,25-/m0/s1. The van der Waals surface area contributed by atoms with Crippen LogP contribution in [0.4, 0.5) is 18.0 Å². The lowest BCUT2D eigenvalue weighted by Gasteiger charge is -2.27. The molecule has 0 spiro atoms. The molecular formula is C29H31F3N4O3. The Morgan fingerprint density at radius 2 is 1.82 bits per heavy atom. The lowest BCUT2D eigenvalue weighted by atomic mass is 9.88. The van der Waals surface area contributed by atoms with Crippen LogP contribution in [0.3, 0.4) is 0 Å². The predicted molar refractivity (Wildman–Crippen MR) is 137 cm³/mol. The van der Waals surface area contributed by atoms with Gasteiger partial charge in [0.2, 0.25) is 11.8 Å². The number of benzene rings is 2. The number of nitrogens with one attached hydrogen (secondary N) is 2. The fraction of sp³-hybridized carbons (Fsp3) is 0.483. The van der Waals surface area contributed by atoms with E-state index in [1.807, 2.05) is 42.6 Å². The van der Waals surface area contributed by atoms with Crippen molar-refractivity contribution in [2.45, 2.75) is 63.3 Å². The molecule has 6 rings (SSSR count). The number of hydrogen-bond acceptors (Lipinski definition) is 4. The fourth-order valence-corrected chi connectivity index (χ4v) is 5.74. The molecule has 1 aromatic heterocycles. The summed E-state index contributed by atoms with van der Waals surface area (Å²) < 4.78 is 45.4. The molecule has 1 saturated heterocycles. The topological polar surface area (TPSA) is 87.5 Å². The van der Waals surface area contributed by atoms with E-state index in [1.165, 1.54) is 0 Å². The van der Waals surface area contributed by atoms with Crippen LogP contribution in [-0.2, 0) is 11.3 Å². The van der Waals surface area contributed by atoms with E-state index >= 15 is 0 Å². The summed E-state index contributed by atoms with van der Waals surface area (Å²) in [5.74, 6) is 1.33. The van der Waals surface area contributed by atoms with E-state index in [9.17, 15) is 22.8 Å². The van der Waals surface area contributed by atoms with Gasteiger partial charge in [-0.15, -0.1) is 0 Å². The summed E-state index contributed by atoms with van der Waals surface area (Å²) in [5, 5.41) is 5.26. The van der Waals surface area contributed by atoms with Crippen LogP contribution in [0.15, 0.2) is 52.9 Å². The van der Waals surface area contributed by atoms with Gasteiger partial charge in [-0.2, -0.15) is 13.2 Å². The third-order valence-corrected chi connectivity index (χ3v) is 8.20. The quantitative estimate of drug-likeness (QED) is 0.366. The molecule has 3 aromatic rings. The van der Waals surface area contributed by atoms with E-state index in [4.69, 9.17) is 9.40 Å². The van der Waals surface area contributed by atoms with E-state index in [2.05, 4.69) is 5.32 Å². The van der Waals surface area contributed by atoms with Gasteiger partial charge in [0.25, 0.3) is 0 Å². The maximum atomic E-state index is 13.4. The van der Waals surface area contributed by atoms with Gasteiger partial charge in [-0.05, 0) is 73.6 Å². The average molecular weight is 541 g/mol. The van der Waals surface area contributed by atoms with Crippen molar-refractivity contribution >= 4 is 23.0 Å². The number of halogens is 3. The van der Waals surface area contributed by atoms with Crippen LogP contribution < -0.4 is 10.6 Å². The van der Waals surface area contributed by atoms with E-state index in [-0.39, 0.29) is 30.3 Å². The summed E-state index contributed by atoms with van der Waals surface area (Å²) in [6.07, 6.45) is 0.0182. The number of aromatic nitrogens is 1. The number of rotatable bonds is 9. The van der Waals surface area contributed by atoms with Crippen LogP contribution in [0, 0.1) is 17.8 Å². The minimum atomic E-state index is -4.49. The molecule has 3 fully saturated rings. The molecule has 1 aliphatic heterocycles. The Kier molecular flexibility index (Phi) is 6.51. The van der Waals surface area contributed by atoms with Gasteiger partial charge in [0.1, 0.15) is 17.6 Å². The normalized spacial score (nSPS) is 21.3. The van der Waals surface area contributed by atoms with E-state index < -0.39 is 24.8 Å². The van der Waals surface area contributed by atoms with Gasteiger partial charge in [-0.25, -0.2) is 9.78 Å². The summed E-state index contributed by atoms with van der Waals surface area (Å²) >= 11 is 0. The number of amides is 3. The van der Waals surface area contributed by atoms with Gasteiger partial charge in [-0.1, -0.05) is 36.4 Å². The van der Waals surface area contributed by atoms with Crippen molar-refractivity contribution in [1.82, 2.24) is 20.5 Å². The number of hydrogen-bond donors (Lipinski definition) is 2. The van der Waals surface area contributed by atoms with Crippen LogP contribution >= 0.6 is 0 Å². The zero-order valence-corrected chi connectivity index (χ0v) is 21.6. The monoisotopic (exact) mass is 540 g/mol. The highest BCUT2D eigenvalue weighted by Gasteiger charge is 2.49. The third kappa shape index (κ3) is 5.46. The first-order valence-corrected chi connectivity index (χ1v) is 13.5. The number of carbonyl (C=O) groups excluding carboxylic acids is 2. The Bertz CT molecular complexity index is 1360. The molecular weight excluding hydrogens is 509 g/mol. The second-order valence-corrected chi connectivity index (χ2v) is 11.1. The predicted octanol–water partition coefficient (Wildman–Crippen LogP) is 5.68. The minimum absolute atomic E-state index is 0.0259. The van der Waals surface area contributed by atoms with Crippen LogP contribution in [0.25, 0.3) is 11.1 Å². The molecule has 0 radical (unpaired) electrons. The first-order valence-electron chi connectivity index (χ1n) is 13.5. The average Bonchev–Trinajstić information content (AvgIpc) is 3.84. The van der Waals surface area contributed by atoms with Crippen LogP contribution in [-0.4, -0.2) is 40.6 Å². The third-order valence-electron chi connectivity index (χ3n) is 8.20. The molecule has 2 saturated carbocycles. The molecule has 10 heteroatoms. The maximum absolute atomic E-state index is 13.4. The van der Waals surface area contributed by atoms with Crippen molar-refractivity contribution < 1.29 is 27.2 Å². The highest BCUT2D eigenvalue weighted by atomic mass is 19.4. The molecule has 39 heavy (non-hydrogen) atoms. The Hall–Kier alpha value is -3.56. The Balaban J connectivity index is 1.25. The Morgan fingerprint density at radius 3 is 2.44 bits per heavy atom. The Labute approximate surface area is 224 Å². The van der Waals surface area contributed by atoms with Gasteiger partial charge in [0.05, 0.1) is 12.5 Å². The summed E-state index contributed by atoms with van der Waals surface area (Å²) in [7, 11) is 0. The molecule has 2 heterocycles. The fourth-order valence-electron chi connectivity index (χ4n) is 5.74. The van der Waals surface area contributed by atoms with E-state index in [0.29, 0.717) is 34.4 Å². The second kappa shape index (κ2) is 9.88. The van der Waals surface area contributed by atoms with Crippen molar-refractivity contribution in [2.75, 3.05) is 6.54 Å². The molecule has 2 N–H and O–H groups in total. The molecule has 7 nitrogen and oxygen atoms in total. The Morgan fingerprint density at radius 1 is 1.13 bits per heavy atom. The van der Waals surface area contributed by atoms with Gasteiger partial charge < -0.3 is 20.0 Å². The van der Waals surface area contributed by atoms with Gasteiger partial charge >= 0.3 is 12.2 Å². The zero-order chi connectivity index (χ0) is 27.3. The van der Waals surface area contributed by atoms with Gasteiger partial charge in [-0.3, -0.25) is 4.79 Å². The van der Waals surface area contributed by atoms with Gasteiger partial charge in [0.15, 0.2) is 5.58 Å². The van der Waals surface area contributed by atoms with Crippen molar-refractivity contribution in [3.63, 3.8) is 0 Å². The SMILES string of the molecule is C[C@H](C(=O)N[C@H](c1nc2cc(CN3C[C@@H](C(F)(F)F)NC3=O)ccc2o1)C(C1CC1)C1CC1)c1ccccc1. The lowest BCUT2D eigenvalue weighted by Crippen LogP contribution is -2.40. The highest BCUT2D eigenvalue weighted by Crippen LogP contribution is 2.54. The molecule has 206 valence electrons. The maximum Gasteiger partial charge on any atom is 0.410 e. The first kappa shape index (κ1) is 25.7. The summed E-state index contributed by atoms with van der Waals surface area (Å²) in [6.45, 7) is 1.47. The molecule has 2 aliphatic carbocycles. The molecule has 0 unspecified atom stereocenters. The molecule has 3 amide bonds. The largest absolute Gasteiger partial charge is 0.438 e. The number of alkyl halides is 3. The van der Waals surface area contributed by atoms with Crippen LogP contribution in [0.2, 0.25) is 0 Å². The first-order chi connectivity index (χ1) is 18.7. The number of fused-ring (bicyclic) bond motifs is 1. The van der Waals surface area contributed by atoms with Crippen LogP contribution in [0.5, 0.6) is 0 Å². The summed E-state index contributed by atoms with van der Waals surface area (Å²) in [6, 6.07) is 11.9. The molecule has 3 aliphatic rings. The van der Waals surface area contributed by atoms with E-state index in [1.54, 1.807) is 18.2 Å². The smallest absolute Gasteiger partial charge is 0.410 e. The molecule has 2 aromatic carbocycles. The second-order valence-electron chi connectivity index (χ2n) is 11.1. The van der Waals surface area contributed by atoms with Crippen molar-refractivity contribution in [2.24, 2.45) is 17.8 Å². The van der Waals surface area contributed by atoms with Crippen LogP contribution in [0.1, 0.15) is 61.6 Å². The van der Waals surface area contributed by atoms with E-state index in [0.717, 1.165) is 36.1 Å². The highest BCUT2D eigenvalue weighted by molar-refractivity contribution is 5.83. The number of urea groups is 1. The van der Waals surface area contributed by atoms with Crippen molar-refractivity contribution in [3.8, 4) is 0 Å². The van der Waals surface area contributed by atoms with Gasteiger partial charge in [0, 0.05) is 6.54 Å². The lowest BCUT2D eigenvalue weighted by molar-refractivity contribution is -0.149. The van der Waals surface area contributed by atoms with Crippen molar-refractivity contribution in [1.29, 1.82) is 0 Å². The minimum Gasteiger partial charge on any atom is -0.438 e. The summed E-state index contributed by atoms with van der Waals surface area (Å²) in [4.78, 5) is 31.4. The molecule has 3 atom stereocenters. The molecule has 0 bridgehead atoms. The van der Waals surface area contributed by atoms with Crippen molar-refractivity contribution in [3.05, 3.63) is 65.5 Å². The number of nitrogens with zero attached hydrogens (tertiary/aromatic N) is 2.